The van der Waals surface area contributed by atoms with Crippen molar-refractivity contribution in [2.75, 3.05) is 6.61 Å². The number of aliphatic hydroxyl groups is 3. The summed E-state index contributed by atoms with van der Waals surface area (Å²) >= 11 is 2.11. The fourth-order valence-corrected chi connectivity index (χ4v) is 2.36. The average molecular weight is 337 g/mol. The van der Waals surface area contributed by atoms with Gasteiger partial charge in [-0.15, -0.1) is 0 Å². The second kappa shape index (κ2) is 4.92. The first kappa shape index (κ1) is 12.2. The fourth-order valence-electron chi connectivity index (χ4n) is 1.76. The van der Waals surface area contributed by atoms with Gasteiger partial charge in [0.2, 0.25) is 0 Å². The van der Waals surface area contributed by atoms with Gasteiger partial charge in [0.25, 0.3) is 0 Å². The van der Waals surface area contributed by atoms with Gasteiger partial charge in [0.1, 0.15) is 24.4 Å². The summed E-state index contributed by atoms with van der Waals surface area (Å²) in [7, 11) is 0. The molecule has 0 saturated carbocycles. The number of nitrogens with zero attached hydrogens (tertiary/aromatic N) is 1. The van der Waals surface area contributed by atoms with Gasteiger partial charge in [-0.3, -0.25) is 4.98 Å². The summed E-state index contributed by atoms with van der Waals surface area (Å²) in [4.78, 5) is 3.96. The summed E-state index contributed by atoms with van der Waals surface area (Å²) in [6, 6.07) is 1.80. The normalized spacial score (nSPS) is 34.2. The van der Waals surface area contributed by atoms with Crippen LogP contribution in [0, 0.1) is 3.57 Å². The van der Waals surface area contributed by atoms with Crippen molar-refractivity contribution in [2.45, 2.75) is 24.4 Å². The topological polar surface area (TPSA) is 82.8 Å². The highest BCUT2D eigenvalue weighted by Crippen LogP contribution is 2.34. The summed E-state index contributed by atoms with van der Waals surface area (Å²) in [6.45, 7) is -0.314. The van der Waals surface area contributed by atoms with Gasteiger partial charge in [-0.2, -0.15) is 0 Å². The lowest BCUT2D eigenvalue weighted by Crippen LogP contribution is -2.32. The highest BCUT2D eigenvalue weighted by Gasteiger charge is 2.43. The van der Waals surface area contributed by atoms with E-state index in [0.29, 0.717) is 0 Å². The number of pyridine rings is 1. The Bertz CT molecular complexity index is 376. The molecular weight excluding hydrogens is 325 g/mol. The van der Waals surface area contributed by atoms with Crippen LogP contribution in [0.4, 0.5) is 0 Å². The Morgan fingerprint density at radius 3 is 2.69 bits per heavy atom. The zero-order valence-corrected chi connectivity index (χ0v) is 10.5. The Kier molecular flexibility index (Phi) is 3.75. The number of hydrogen-bond donors (Lipinski definition) is 3. The molecule has 0 aromatic carbocycles. The molecule has 3 N–H and O–H groups in total. The zero-order valence-electron chi connectivity index (χ0n) is 8.32. The highest BCUT2D eigenvalue weighted by molar-refractivity contribution is 14.1. The Morgan fingerprint density at radius 2 is 2.12 bits per heavy atom. The molecule has 6 heteroatoms. The van der Waals surface area contributed by atoms with E-state index in [1.807, 2.05) is 0 Å². The predicted octanol–water partition coefficient (Wildman–Crippen LogP) is -0.160. The molecule has 0 bridgehead atoms. The molecule has 0 unspecified atom stereocenters. The third kappa shape index (κ3) is 2.07. The van der Waals surface area contributed by atoms with E-state index in [0.717, 1.165) is 9.13 Å². The fraction of sp³-hybridized carbons (Fsp3) is 0.500. The molecule has 1 saturated heterocycles. The van der Waals surface area contributed by atoms with E-state index in [4.69, 9.17) is 9.84 Å². The molecule has 0 spiro atoms. The zero-order chi connectivity index (χ0) is 11.7. The molecule has 5 nitrogen and oxygen atoms in total. The van der Waals surface area contributed by atoms with Gasteiger partial charge in [-0.05, 0) is 28.7 Å². The van der Waals surface area contributed by atoms with Crippen molar-refractivity contribution < 1.29 is 20.1 Å². The van der Waals surface area contributed by atoms with E-state index < -0.39 is 24.4 Å². The van der Waals surface area contributed by atoms with E-state index in [2.05, 4.69) is 27.6 Å². The molecule has 0 radical (unpaired) electrons. The quantitative estimate of drug-likeness (QED) is 0.654. The Hall–Kier alpha value is -0.280. The van der Waals surface area contributed by atoms with Crippen LogP contribution in [0.5, 0.6) is 0 Å². The summed E-state index contributed by atoms with van der Waals surface area (Å²) in [6.07, 6.45) is -0.223. The standard InChI is InChI=1S/C10H12INO4/c11-6-1-2-12-3-5(6)10-9(15)8(14)7(4-13)16-10/h1-3,7-10,13-15H,4H2/t7-,8-,9-,10-/m1/s1. The van der Waals surface area contributed by atoms with Crippen LogP contribution in [0.3, 0.4) is 0 Å². The first-order valence-corrected chi connectivity index (χ1v) is 5.95. The number of aliphatic hydroxyl groups excluding tert-OH is 3. The highest BCUT2D eigenvalue weighted by atomic mass is 127. The summed E-state index contributed by atoms with van der Waals surface area (Å²) in [5.74, 6) is 0. The van der Waals surface area contributed by atoms with Crippen LogP contribution < -0.4 is 0 Å². The number of hydrogen-bond acceptors (Lipinski definition) is 5. The van der Waals surface area contributed by atoms with Crippen LogP contribution in [0.15, 0.2) is 18.5 Å². The largest absolute Gasteiger partial charge is 0.394 e. The number of aromatic nitrogens is 1. The maximum absolute atomic E-state index is 9.82. The first-order chi connectivity index (χ1) is 7.65. The molecule has 1 aromatic rings. The molecular formula is C10H12INO4. The SMILES string of the molecule is OC[C@H]1O[C@H](c2cnccc2I)[C@H](O)[C@@H]1O. The van der Waals surface area contributed by atoms with Gasteiger partial charge >= 0.3 is 0 Å². The van der Waals surface area contributed by atoms with E-state index in [1.165, 1.54) is 0 Å². The molecule has 1 fully saturated rings. The molecule has 88 valence electrons. The van der Waals surface area contributed by atoms with E-state index >= 15 is 0 Å². The molecule has 2 heterocycles. The van der Waals surface area contributed by atoms with Crippen molar-refractivity contribution in [1.29, 1.82) is 0 Å². The van der Waals surface area contributed by atoms with Crippen molar-refractivity contribution >= 4 is 22.6 Å². The third-order valence-corrected chi connectivity index (χ3v) is 3.63. The summed E-state index contributed by atoms with van der Waals surface area (Å²) in [5, 5.41) is 28.4. The van der Waals surface area contributed by atoms with E-state index in [9.17, 15) is 10.2 Å². The Balaban J connectivity index is 2.26. The molecule has 1 aliphatic rings. The van der Waals surface area contributed by atoms with Crippen LogP contribution in [0.1, 0.15) is 11.7 Å². The Morgan fingerprint density at radius 1 is 1.38 bits per heavy atom. The molecule has 1 aliphatic heterocycles. The van der Waals surface area contributed by atoms with Gasteiger partial charge in [0.05, 0.1) is 6.61 Å². The van der Waals surface area contributed by atoms with Crippen LogP contribution in [0.25, 0.3) is 0 Å². The van der Waals surface area contributed by atoms with Gasteiger partial charge in [-0.1, -0.05) is 0 Å². The maximum atomic E-state index is 9.82. The first-order valence-electron chi connectivity index (χ1n) is 4.87. The van der Waals surface area contributed by atoms with Crippen LogP contribution in [0.2, 0.25) is 0 Å². The minimum atomic E-state index is -1.06. The lowest BCUT2D eigenvalue weighted by Gasteiger charge is -2.15. The Labute approximate surface area is 106 Å². The van der Waals surface area contributed by atoms with Gasteiger partial charge < -0.3 is 20.1 Å². The smallest absolute Gasteiger partial charge is 0.114 e. The second-order valence-electron chi connectivity index (χ2n) is 3.66. The van der Waals surface area contributed by atoms with Crippen LogP contribution >= 0.6 is 22.6 Å². The second-order valence-corrected chi connectivity index (χ2v) is 4.82. The van der Waals surface area contributed by atoms with Crippen molar-refractivity contribution in [2.24, 2.45) is 0 Å². The summed E-state index contributed by atoms with van der Waals surface area (Å²) < 4.78 is 6.31. The number of halogens is 1. The van der Waals surface area contributed by atoms with Crippen molar-refractivity contribution in [1.82, 2.24) is 4.98 Å². The summed E-state index contributed by atoms with van der Waals surface area (Å²) in [5.41, 5.74) is 0.727. The number of rotatable bonds is 2. The molecule has 4 atom stereocenters. The van der Waals surface area contributed by atoms with Crippen molar-refractivity contribution in [3.63, 3.8) is 0 Å². The molecule has 2 rings (SSSR count). The third-order valence-electron chi connectivity index (χ3n) is 2.65. The predicted molar refractivity (Wildman–Crippen MR) is 63.7 cm³/mol. The monoisotopic (exact) mass is 337 g/mol. The van der Waals surface area contributed by atoms with Crippen LogP contribution in [-0.2, 0) is 4.74 Å². The number of ether oxygens (including phenoxy) is 1. The van der Waals surface area contributed by atoms with Crippen LogP contribution in [-0.4, -0.2) is 45.2 Å². The minimum Gasteiger partial charge on any atom is -0.394 e. The van der Waals surface area contributed by atoms with E-state index in [1.54, 1.807) is 18.5 Å². The average Bonchev–Trinajstić information content (AvgIpc) is 2.57. The van der Waals surface area contributed by atoms with Gasteiger partial charge in [0, 0.05) is 21.5 Å². The minimum absolute atomic E-state index is 0.314. The lowest BCUT2D eigenvalue weighted by atomic mass is 10.0. The van der Waals surface area contributed by atoms with Gasteiger partial charge in [-0.25, -0.2) is 0 Å². The van der Waals surface area contributed by atoms with E-state index in [-0.39, 0.29) is 6.61 Å². The van der Waals surface area contributed by atoms with Gasteiger partial charge in [0.15, 0.2) is 0 Å². The molecule has 0 aliphatic carbocycles. The lowest BCUT2D eigenvalue weighted by molar-refractivity contribution is -0.0230. The van der Waals surface area contributed by atoms with Crippen molar-refractivity contribution in [3.8, 4) is 0 Å². The van der Waals surface area contributed by atoms with Crippen molar-refractivity contribution in [3.05, 3.63) is 27.6 Å². The molecule has 16 heavy (non-hydrogen) atoms. The molecule has 0 amide bonds. The maximum Gasteiger partial charge on any atom is 0.114 e. The molecule has 1 aromatic heterocycles.